The van der Waals surface area contributed by atoms with Crippen molar-refractivity contribution in [3.8, 4) is 0 Å². The largest absolute Gasteiger partial charge is 0.392 e. The molecule has 1 aliphatic rings. The summed E-state index contributed by atoms with van der Waals surface area (Å²) >= 11 is 0. The molecule has 0 radical (unpaired) electrons. The van der Waals surface area contributed by atoms with Crippen molar-refractivity contribution in [1.29, 1.82) is 0 Å². The first kappa shape index (κ1) is 10.2. The highest BCUT2D eigenvalue weighted by Crippen LogP contribution is 2.23. The minimum Gasteiger partial charge on any atom is -0.392 e. The zero-order chi connectivity index (χ0) is 11.7. The number of fused-ring (bicyclic) bond motifs is 1. The molecule has 2 aromatic rings. The molecule has 17 heavy (non-hydrogen) atoms. The zero-order valence-corrected chi connectivity index (χ0v) is 9.32. The molecule has 3 heterocycles. The number of aliphatic hydroxyl groups excluding tert-OH is 1. The van der Waals surface area contributed by atoms with Gasteiger partial charge in [-0.25, -0.2) is 0 Å². The van der Waals surface area contributed by atoms with E-state index >= 15 is 0 Å². The summed E-state index contributed by atoms with van der Waals surface area (Å²) in [6.45, 7) is 2.48. The van der Waals surface area contributed by atoms with E-state index in [1.165, 1.54) is 0 Å². The maximum Gasteiger partial charge on any atom is 0.152 e. The van der Waals surface area contributed by atoms with Gasteiger partial charge in [-0.1, -0.05) is 0 Å². The number of nitrogens with zero attached hydrogens (tertiary/aromatic N) is 5. The molecule has 0 fully saturated rings. The van der Waals surface area contributed by atoms with Crippen molar-refractivity contribution in [2.75, 3.05) is 11.4 Å². The predicted molar refractivity (Wildman–Crippen MR) is 61.2 cm³/mol. The second-order valence-corrected chi connectivity index (χ2v) is 4.02. The van der Waals surface area contributed by atoms with Crippen LogP contribution in [-0.2, 0) is 19.7 Å². The summed E-state index contributed by atoms with van der Waals surface area (Å²) in [6.07, 6.45) is 5.24. The van der Waals surface area contributed by atoms with Crippen LogP contribution in [0.4, 0.5) is 5.69 Å². The quantitative estimate of drug-likeness (QED) is 0.799. The third kappa shape index (κ3) is 1.76. The van der Waals surface area contributed by atoms with Crippen molar-refractivity contribution < 1.29 is 5.11 Å². The molecule has 0 aliphatic carbocycles. The Balaban J connectivity index is 1.91. The van der Waals surface area contributed by atoms with Crippen LogP contribution < -0.4 is 4.90 Å². The van der Waals surface area contributed by atoms with Gasteiger partial charge in [0.05, 0.1) is 25.0 Å². The molecule has 0 aromatic carbocycles. The number of rotatable bonds is 2. The van der Waals surface area contributed by atoms with E-state index in [-0.39, 0.29) is 6.61 Å². The Kier molecular flexibility index (Phi) is 2.49. The smallest absolute Gasteiger partial charge is 0.152 e. The summed E-state index contributed by atoms with van der Waals surface area (Å²) in [6, 6.07) is 1.84. The van der Waals surface area contributed by atoms with Gasteiger partial charge in [0.1, 0.15) is 6.33 Å². The lowest BCUT2D eigenvalue weighted by Gasteiger charge is -2.29. The van der Waals surface area contributed by atoms with Crippen LogP contribution in [0, 0.1) is 0 Å². The summed E-state index contributed by atoms with van der Waals surface area (Å²) in [4.78, 5) is 6.29. The number of pyridine rings is 1. The lowest BCUT2D eigenvalue weighted by atomic mass is 10.2. The SMILES string of the molecule is OCc1ccncc1N1CCn2cnnc2C1. The second kappa shape index (κ2) is 4.14. The molecule has 0 unspecified atom stereocenters. The van der Waals surface area contributed by atoms with Crippen LogP contribution in [0.15, 0.2) is 24.8 Å². The Morgan fingerprint density at radius 3 is 3.18 bits per heavy atom. The van der Waals surface area contributed by atoms with Crippen molar-refractivity contribution in [3.05, 3.63) is 36.2 Å². The Labute approximate surface area is 98.5 Å². The Morgan fingerprint density at radius 1 is 1.35 bits per heavy atom. The fraction of sp³-hybridized carbons (Fsp3) is 0.364. The van der Waals surface area contributed by atoms with Crippen LogP contribution in [0.3, 0.4) is 0 Å². The summed E-state index contributed by atoms with van der Waals surface area (Å²) in [5, 5.41) is 17.3. The molecule has 0 spiro atoms. The monoisotopic (exact) mass is 231 g/mol. The molecular formula is C11H13N5O. The van der Waals surface area contributed by atoms with Crippen molar-refractivity contribution >= 4 is 5.69 Å². The van der Waals surface area contributed by atoms with Crippen LogP contribution in [0.25, 0.3) is 0 Å². The van der Waals surface area contributed by atoms with Crippen molar-refractivity contribution in [1.82, 2.24) is 19.7 Å². The van der Waals surface area contributed by atoms with Gasteiger partial charge < -0.3 is 14.6 Å². The number of aliphatic hydroxyl groups is 1. The molecule has 0 saturated heterocycles. The predicted octanol–water partition coefficient (Wildman–Crippen LogP) is 0.186. The maximum atomic E-state index is 9.32. The molecule has 0 bridgehead atoms. The van der Waals surface area contributed by atoms with Crippen LogP contribution in [-0.4, -0.2) is 31.4 Å². The van der Waals surface area contributed by atoms with E-state index in [9.17, 15) is 5.11 Å². The third-order valence-corrected chi connectivity index (χ3v) is 3.04. The van der Waals surface area contributed by atoms with E-state index in [2.05, 4.69) is 20.1 Å². The van der Waals surface area contributed by atoms with Gasteiger partial charge in [0.15, 0.2) is 5.82 Å². The fourth-order valence-corrected chi connectivity index (χ4v) is 2.11. The number of hydrogen-bond acceptors (Lipinski definition) is 5. The molecule has 88 valence electrons. The van der Waals surface area contributed by atoms with Crippen LogP contribution in [0.2, 0.25) is 0 Å². The molecule has 2 aromatic heterocycles. The highest BCUT2D eigenvalue weighted by Gasteiger charge is 2.19. The highest BCUT2D eigenvalue weighted by atomic mass is 16.3. The van der Waals surface area contributed by atoms with Crippen molar-refractivity contribution in [2.24, 2.45) is 0 Å². The molecule has 0 saturated carbocycles. The Bertz CT molecular complexity index is 524. The Hall–Kier alpha value is -1.95. The molecular weight excluding hydrogens is 218 g/mol. The highest BCUT2D eigenvalue weighted by molar-refractivity contribution is 5.51. The minimum absolute atomic E-state index is 0.0288. The van der Waals surface area contributed by atoms with E-state index in [0.29, 0.717) is 6.54 Å². The number of aromatic nitrogens is 4. The standard InChI is InChI=1S/C11H13N5O/c17-7-9-1-2-12-5-10(9)15-3-4-16-8-13-14-11(16)6-15/h1-2,5,8,17H,3-4,6-7H2. The molecule has 1 N–H and O–H groups in total. The van der Waals surface area contributed by atoms with E-state index in [1.807, 2.05) is 10.6 Å². The first-order valence-electron chi connectivity index (χ1n) is 5.54. The van der Waals surface area contributed by atoms with E-state index in [1.54, 1.807) is 18.7 Å². The van der Waals surface area contributed by atoms with Crippen LogP contribution in [0.5, 0.6) is 0 Å². The molecule has 3 rings (SSSR count). The summed E-state index contributed by atoms with van der Waals surface area (Å²) in [5.74, 6) is 0.948. The second-order valence-electron chi connectivity index (χ2n) is 4.02. The zero-order valence-electron chi connectivity index (χ0n) is 9.32. The lowest BCUT2D eigenvalue weighted by Crippen LogP contribution is -2.34. The molecule has 6 nitrogen and oxygen atoms in total. The molecule has 0 atom stereocenters. The number of hydrogen-bond donors (Lipinski definition) is 1. The maximum absolute atomic E-state index is 9.32. The number of anilines is 1. The van der Waals surface area contributed by atoms with Crippen molar-refractivity contribution in [2.45, 2.75) is 19.7 Å². The van der Waals surface area contributed by atoms with E-state index in [4.69, 9.17) is 0 Å². The molecule has 6 heteroatoms. The Morgan fingerprint density at radius 2 is 2.29 bits per heavy atom. The van der Waals surface area contributed by atoms with Gasteiger partial charge in [-0.3, -0.25) is 4.98 Å². The van der Waals surface area contributed by atoms with Crippen LogP contribution >= 0.6 is 0 Å². The van der Waals surface area contributed by atoms with Crippen LogP contribution in [0.1, 0.15) is 11.4 Å². The summed E-state index contributed by atoms with van der Waals surface area (Å²) in [5.41, 5.74) is 1.87. The summed E-state index contributed by atoms with van der Waals surface area (Å²) in [7, 11) is 0. The van der Waals surface area contributed by atoms with Gasteiger partial charge in [0.2, 0.25) is 0 Å². The molecule has 0 amide bonds. The van der Waals surface area contributed by atoms with Gasteiger partial charge in [-0.15, -0.1) is 10.2 Å². The molecule has 1 aliphatic heterocycles. The van der Waals surface area contributed by atoms with Gasteiger partial charge in [0, 0.05) is 24.8 Å². The third-order valence-electron chi connectivity index (χ3n) is 3.04. The first-order chi connectivity index (χ1) is 8.38. The fourth-order valence-electron chi connectivity index (χ4n) is 2.11. The van der Waals surface area contributed by atoms with Gasteiger partial charge in [-0.2, -0.15) is 0 Å². The average molecular weight is 231 g/mol. The topological polar surface area (TPSA) is 67.1 Å². The lowest BCUT2D eigenvalue weighted by molar-refractivity contribution is 0.281. The van der Waals surface area contributed by atoms with Gasteiger partial charge in [-0.05, 0) is 6.07 Å². The minimum atomic E-state index is 0.0288. The van der Waals surface area contributed by atoms with Gasteiger partial charge >= 0.3 is 0 Å². The van der Waals surface area contributed by atoms with Gasteiger partial charge in [0.25, 0.3) is 0 Å². The summed E-state index contributed by atoms with van der Waals surface area (Å²) < 4.78 is 2.05. The van der Waals surface area contributed by atoms with E-state index in [0.717, 1.165) is 30.2 Å². The van der Waals surface area contributed by atoms with E-state index < -0.39 is 0 Å². The normalized spacial score (nSPS) is 14.8. The van der Waals surface area contributed by atoms with Crippen molar-refractivity contribution in [3.63, 3.8) is 0 Å². The average Bonchev–Trinajstić information content (AvgIpc) is 2.85. The first-order valence-corrected chi connectivity index (χ1v) is 5.54.